The van der Waals surface area contributed by atoms with Crippen LogP contribution in [0.2, 0.25) is 0 Å². The summed E-state index contributed by atoms with van der Waals surface area (Å²) in [5, 5.41) is 3.44. The molecule has 1 aliphatic rings. The third-order valence-electron chi connectivity index (χ3n) is 3.54. The molecule has 0 saturated heterocycles. The van der Waals surface area contributed by atoms with E-state index in [0.717, 1.165) is 13.1 Å². The maximum atomic E-state index is 3.44. The van der Waals surface area contributed by atoms with E-state index in [9.17, 15) is 0 Å². The predicted molar refractivity (Wildman–Crippen MR) is 74.6 cm³/mol. The molecular weight excluding hydrogens is 226 g/mol. The number of hydrogen-bond donors (Lipinski definition) is 1. The Labute approximate surface area is 106 Å². The number of hydrogen-bond acceptors (Lipinski definition) is 2. The fourth-order valence-corrected chi connectivity index (χ4v) is 3.47. The average molecular weight is 243 g/mol. The van der Waals surface area contributed by atoms with Gasteiger partial charge in [0.15, 0.2) is 0 Å². The van der Waals surface area contributed by atoms with Crippen molar-refractivity contribution in [2.75, 3.05) is 6.54 Å². The van der Waals surface area contributed by atoms with E-state index >= 15 is 0 Å². The zero-order valence-electron chi connectivity index (χ0n) is 10.3. The monoisotopic (exact) mass is 243 g/mol. The molecule has 1 N–H and O–H groups in total. The third kappa shape index (κ3) is 2.03. The van der Waals surface area contributed by atoms with E-state index in [4.69, 9.17) is 0 Å². The zero-order valence-corrected chi connectivity index (χ0v) is 11.2. The fourth-order valence-electron chi connectivity index (χ4n) is 2.29. The Balaban J connectivity index is 2.03. The molecule has 1 aliphatic heterocycles. The summed E-state index contributed by atoms with van der Waals surface area (Å²) in [6.07, 6.45) is 1.18. The summed E-state index contributed by atoms with van der Waals surface area (Å²) in [7, 11) is 0. The molecular formula is C15H17NS. The lowest BCUT2D eigenvalue weighted by Crippen LogP contribution is -2.21. The highest BCUT2D eigenvalue weighted by atomic mass is 32.1. The van der Waals surface area contributed by atoms with Crippen molar-refractivity contribution in [3.05, 3.63) is 45.8 Å². The number of thiophene rings is 1. The number of benzene rings is 1. The lowest BCUT2D eigenvalue weighted by atomic mass is 10.0. The smallest absolute Gasteiger partial charge is 0.0349 e. The van der Waals surface area contributed by atoms with Gasteiger partial charge in [0, 0.05) is 16.3 Å². The van der Waals surface area contributed by atoms with Gasteiger partial charge in [-0.3, -0.25) is 0 Å². The van der Waals surface area contributed by atoms with Gasteiger partial charge in [0.05, 0.1) is 0 Å². The van der Waals surface area contributed by atoms with Gasteiger partial charge >= 0.3 is 0 Å². The van der Waals surface area contributed by atoms with Gasteiger partial charge < -0.3 is 5.32 Å². The molecule has 2 aromatic rings. The van der Waals surface area contributed by atoms with Crippen LogP contribution in [0.4, 0.5) is 0 Å². The molecule has 0 amide bonds. The van der Waals surface area contributed by atoms with Crippen LogP contribution in [0.3, 0.4) is 0 Å². The van der Waals surface area contributed by atoms with Crippen LogP contribution in [0.15, 0.2) is 24.3 Å². The van der Waals surface area contributed by atoms with E-state index < -0.39 is 0 Å². The molecule has 2 heterocycles. The van der Waals surface area contributed by atoms with E-state index in [-0.39, 0.29) is 0 Å². The Morgan fingerprint density at radius 3 is 2.76 bits per heavy atom. The molecule has 0 atom stereocenters. The lowest BCUT2D eigenvalue weighted by Gasteiger charge is -2.10. The Morgan fingerprint density at radius 1 is 1.12 bits per heavy atom. The van der Waals surface area contributed by atoms with E-state index in [1.165, 1.54) is 32.9 Å². The molecule has 0 fully saturated rings. The van der Waals surface area contributed by atoms with Gasteiger partial charge in [-0.2, -0.15) is 0 Å². The maximum absolute atomic E-state index is 3.44. The minimum atomic E-state index is 1.05. The molecule has 17 heavy (non-hydrogen) atoms. The van der Waals surface area contributed by atoms with Gasteiger partial charge in [0.2, 0.25) is 0 Å². The van der Waals surface area contributed by atoms with Crippen molar-refractivity contribution in [1.82, 2.24) is 5.32 Å². The van der Waals surface area contributed by atoms with Gasteiger partial charge in [-0.25, -0.2) is 0 Å². The first-order chi connectivity index (χ1) is 8.24. The molecule has 0 unspecified atom stereocenters. The Bertz CT molecular complexity index is 531. The summed E-state index contributed by atoms with van der Waals surface area (Å²) in [5.41, 5.74) is 5.67. The first-order valence-corrected chi connectivity index (χ1v) is 6.95. The Morgan fingerprint density at radius 2 is 2.00 bits per heavy atom. The number of fused-ring (bicyclic) bond motifs is 1. The van der Waals surface area contributed by atoms with Crippen molar-refractivity contribution in [2.24, 2.45) is 0 Å². The summed E-state index contributed by atoms with van der Waals surface area (Å²) in [6, 6.07) is 9.15. The van der Waals surface area contributed by atoms with Crippen LogP contribution in [0.1, 0.15) is 21.6 Å². The molecule has 3 rings (SSSR count). The van der Waals surface area contributed by atoms with Gasteiger partial charge in [0.1, 0.15) is 0 Å². The highest BCUT2D eigenvalue weighted by molar-refractivity contribution is 7.15. The Hall–Kier alpha value is -1.12. The molecule has 2 heteroatoms. The van der Waals surface area contributed by atoms with Crippen molar-refractivity contribution >= 4 is 11.3 Å². The molecule has 0 saturated carbocycles. The van der Waals surface area contributed by atoms with Crippen molar-refractivity contribution in [2.45, 2.75) is 26.8 Å². The largest absolute Gasteiger partial charge is 0.312 e. The maximum Gasteiger partial charge on any atom is 0.0349 e. The van der Waals surface area contributed by atoms with Crippen molar-refractivity contribution < 1.29 is 0 Å². The summed E-state index contributed by atoms with van der Waals surface area (Å²) >= 11 is 1.94. The molecule has 0 radical (unpaired) electrons. The Kier molecular flexibility index (Phi) is 2.77. The second kappa shape index (κ2) is 4.28. The van der Waals surface area contributed by atoms with Gasteiger partial charge in [-0.05, 0) is 55.1 Å². The predicted octanol–water partition coefficient (Wildman–Crippen LogP) is 3.68. The number of nitrogens with one attached hydrogen (secondary N) is 1. The highest BCUT2D eigenvalue weighted by Gasteiger charge is 2.13. The third-order valence-corrected chi connectivity index (χ3v) is 4.77. The van der Waals surface area contributed by atoms with Crippen LogP contribution < -0.4 is 5.32 Å². The molecule has 0 bridgehead atoms. The van der Waals surface area contributed by atoms with E-state index in [1.807, 2.05) is 11.3 Å². The molecule has 1 nitrogen and oxygen atoms in total. The van der Waals surface area contributed by atoms with Crippen LogP contribution in [0.5, 0.6) is 0 Å². The number of rotatable bonds is 1. The molecule has 1 aromatic heterocycles. The van der Waals surface area contributed by atoms with Crippen LogP contribution in [0.25, 0.3) is 10.4 Å². The SMILES string of the molecule is Cc1ccc(-c2cc3c(s2)CNCC3)cc1C. The van der Waals surface area contributed by atoms with Crippen molar-refractivity contribution in [3.8, 4) is 10.4 Å². The van der Waals surface area contributed by atoms with E-state index in [2.05, 4.69) is 43.4 Å². The van der Waals surface area contributed by atoms with Crippen molar-refractivity contribution in [3.63, 3.8) is 0 Å². The first kappa shape index (κ1) is 11.0. The second-order valence-electron chi connectivity index (χ2n) is 4.78. The van der Waals surface area contributed by atoms with Crippen molar-refractivity contribution in [1.29, 1.82) is 0 Å². The fraction of sp³-hybridized carbons (Fsp3) is 0.333. The van der Waals surface area contributed by atoms with E-state index in [1.54, 1.807) is 5.56 Å². The lowest BCUT2D eigenvalue weighted by molar-refractivity contribution is 0.655. The molecule has 88 valence electrons. The van der Waals surface area contributed by atoms with Crippen LogP contribution in [-0.4, -0.2) is 6.54 Å². The van der Waals surface area contributed by atoms with Crippen LogP contribution in [-0.2, 0) is 13.0 Å². The molecule has 0 aliphatic carbocycles. The van der Waals surface area contributed by atoms with Gasteiger partial charge in [0.25, 0.3) is 0 Å². The average Bonchev–Trinajstić information content (AvgIpc) is 2.76. The van der Waals surface area contributed by atoms with Crippen LogP contribution in [0, 0.1) is 13.8 Å². The van der Waals surface area contributed by atoms with Crippen LogP contribution >= 0.6 is 11.3 Å². The van der Waals surface area contributed by atoms with Gasteiger partial charge in [-0.1, -0.05) is 18.2 Å². The first-order valence-electron chi connectivity index (χ1n) is 6.14. The topological polar surface area (TPSA) is 12.0 Å². The summed E-state index contributed by atoms with van der Waals surface area (Å²) in [6.45, 7) is 6.53. The second-order valence-corrected chi connectivity index (χ2v) is 5.92. The highest BCUT2D eigenvalue weighted by Crippen LogP contribution is 2.33. The quantitative estimate of drug-likeness (QED) is 0.805. The summed E-state index contributed by atoms with van der Waals surface area (Å²) < 4.78 is 0. The van der Waals surface area contributed by atoms with E-state index in [0.29, 0.717) is 0 Å². The summed E-state index contributed by atoms with van der Waals surface area (Å²) in [4.78, 5) is 2.94. The minimum Gasteiger partial charge on any atom is -0.312 e. The number of aryl methyl sites for hydroxylation is 2. The zero-order chi connectivity index (χ0) is 11.8. The standard InChI is InChI=1S/C15H17NS/c1-10-3-4-12(7-11(10)2)14-8-13-5-6-16-9-15(13)17-14/h3-4,7-8,16H,5-6,9H2,1-2H3. The molecule has 0 spiro atoms. The van der Waals surface area contributed by atoms with Gasteiger partial charge in [-0.15, -0.1) is 11.3 Å². The molecule has 1 aromatic carbocycles. The normalized spacial score (nSPS) is 14.7. The summed E-state index contributed by atoms with van der Waals surface area (Å²) in [5.74, 6) is 0. The minimum absolute atomic E-state index is 1.05.